The van der Waals surface area contributed by atoms with Crippen LogP contribution in [0.1, 0.15) is 44.1 Å². The summed E-state index contributed by atoms with van der Waals surface area (Å²) >= 11 is 0. The molecular weight excluding hydrogens is 406 g/mol. The lowest BCUT2D eigenvalue weighted by atomic mass is 9.92. The first kappa shape index (κ1) is 22.9. The number of likely N-dealkylation sites (tertiary alicyclic amines) is 2. The van der Waals surface area contributed by atoms with Gasteiger partial charge in [-0.1, -0.05) is 6.07 Å². The standard InChI is InChI=1S/C25H37N3O4/c1-31-22-6-3-18(17-23(22)32-2)7-12-26-24(29)19-8-13-27(14-9-19)21-10-15-28(16-11-21)25(30)20-4-5-20/h3,6,17,19-21H,4-5,7-16H2,1-2H3,(H,26,29). The fourth-order valence-electron chi connectivity index (χ4n) is 5.08. The van der Waals surface area contributed by atoms with Gasteiger partial charge in [-0.2, -0.15) is 0 Å². The maximum Gasteiger partial charge on any atom is 0.225 e. The molecule has 32 heavy (non-hydrogen) atoms. The van der Waals surface area contributed by atoms with Gasteiger partial charge in [0.15, 0.2) is 11.5 Å². The summed E-state index contributed by atoms with van der Waals surface area (Å²) in [7, 11) is 3.26. The third kappa shape index (κ3) is 5.55. The molecule has 0 atom stereocenters. The number of amides is 2. The van der Waals surface area contributed by atoms with Crippen LogP contribution < -0.4 is 14.8 Å². The van der Waals surface area contributed by atoms with Crippen LogP contribution in [-0.2, 0) is 16.0 Å². The van der Waals surface area contributed by atoms with Crippen LogP contribution in [-0.4, -0.2) is 74.6 Å². The predicted octanol–water partition coefficient (Wildman–Crippen LogP) is 2.48. The van der Waals surface area contributed by atoms with Crippen molar-refractivity contribution in [2.45, 2.75) is 51.0 Å². The number of carbonyl (C=O) groups is 2. The van der Waals surface area contributed by atoms with Crippen molar-refractivity contribution in [3.05, 3.63) is 23.8 Å². The van der Waals surface area contributed by atoms with E-state index in [4.69, 9.17) is 9.47 Å². The summed E-state index contributed by atoms with van der Waals surface area (Å²) in [5.74, 6) is 2.42. The van der Waals surface area contributed by atoms with Gasteiger partial charge in [0.1, 0.15) is 0 Å². The maximum atomic E-state index is 12.7. The number of hydrogen-bond donors (Lipinski definition) is 1. The Morgan fingerprint density at radius 1 is 0.906 bits per heavy atom. The third-order valence-corrected chi connectivity index (χ3v) is 7.28. The molecule has 7 nitrogen and oxygen atoms in total. The lowest BCUT2D eigenvalue weighted by Crippen LogP contribution is -2.50. The fraction of sp³-hybridized carbons (Fsp3) is 0.680. The molecule has 2 saturated heterocycles. The minimum Gasteiger partial charge on any atom is -0.493 e. The summed E-state index contributed by atoms with van der Waals surface area (Å²) in [5, 5.41) is 3.12. The van der Waals surface area contributed by atoms with Crippen LogP contribution in [0.15, 0.2) is 18.2 Å². The van der Waals surface area contributed by atoms with Gasteiger partial charge < -0.3 is 24.6 Å². The van der Waals surface area contributed by atoms with Gasteiger partial charge in [0, 0.05) is 37.5 Å². The molecule has 1 aliphatic carbocycles. The molecular formula is C25H37N3O4. The van der Waals surface area contributed by atoms with E-state index >= 15 is 0 Å². The van der Waals surface area contributed by atoms with E-state index < -0.39 is 0 Å². The Bertz CT molecular complexity index is 794. The highest BCUT2D eigenvalue weighted by Crippen LogP contribution is 2.33. The highest BCUT2D eigenvalue weighted by atomic mass is 16.5. The first-order valence-electron chi connectivity index (χ1n) is 12.1. The molecule has 1 aromatic carbocycles. The second-order valence-electron chi connectivity index (χ2n) is 9.37. The number of ether oxygens (including phenoxy) is 2. The average molecular weight is 444 g/mol. The van der Waals surface area contributed by atoms with Crippen LogP contribution in [0.2, 0.25) is 0 Å². The topological polar surface area (TPSA) is 71.1 Å². The van der Waals surface area contributed by atoms with Crippen LogP contribution in [0, 0.1) is 11.8 Å². The van der Waals surface area contributed by atoms with Crippen LogP contribution in [0.3, 0.4) is 0 Å². The van der Waals surface area contributed by atoms with Crippen molar-refractivity contribution >= 4 is 11.8 Å². The van der Waals surface area contributed by atoms with Gasteiger partial charge in [0.2, 0.25) is 11.8 Å². The van der Waals surface area contributed by atoms with E-state index in [2.05, 4.69) is 15.1 Å². The summed E-state index contributed by atoms with van der Waals surface area (Å²) in [6, 6.07) is 6.44. The maximum absolute atomic E-state index is 12.7. The lowest BCUT2D eigenvalue weighted by Gasteiger charge is -2.41. The van der Waals surface area contributed by atoms with Crippen LogP contribution in [0.25, 0.3) is 0 Å². The molecule has 4 rings (SSSR count). The van der Waals surface area contributed by atoms with Gasteiger partial charge >= 0.3 is 0 Å². The SMILES string of the molecule is COc1ccc(CCNC(=O)C2CCN(C3CCN(C(=O)C4CC4)CC3)CC2)cc1OC. The van der Waals surface area contributed by atoms with Crippen LogP contribution >= 0.6 is 0 Å². The van der Waals surface area contributed by atoms with E-state index in [1.807, 2.05) is 18.2 Å². The van der Waals surface area contributed by atoms with Crippen molar-refractivity contribution in [2.24, 2.45) is 11.8 Å². The number of nitrogens with one attached hydrogen (secondary N) is 1. The van der Waals surface area contributed by atoms with E-state index in [0.29, 0.717) is 35.9 Å². The number of rotatable bonds is 8. The zero-order valence-corrected chi connectivity index (χ0v) is 19.5. The summed E-state index contributed by atoms with van der Waals surface area (Å²) < 4.78 is 10.6. The normalized spacial score (nSPS) is 20.8. The van der Waals surface area contributed by atoms with Gasteiger partial charge in [-0.15, -0.1) is 0 Å². The van der Waals surface area contributed by atoms with Gasteiger partial charge in [-0.3, -0.25) is 9.59 Å². The quantitative estimate of drug-likeness (QED) is 0.668. The molecule has 2 heterocycles. The van der Waals surface area contributed by atoms with Crippen molar-refractivity contribution in [3.8, 4) is 11.5 Å². The van der Waals surface area contributed by atoms with Crippen molar-refractivity contribution in [1.29, 1.82) is 0 Å². The largest absolute Gasteiger partial charge is 0.493 e. The molecule has 7 heteroatoms. The number of methoxy groups -OCH3 is 2. The highest BCUT2D eigenvalue weighted by Gasteiger charge is 2.36. The Labute approximate surface area is 191 Å². The number of nitrogens with zero attached hydrogens (tertiary/aromatic N) is 2. The van der Waals surface area contributed by atoms with Crippen molar-refractivity contribution < 1.29 is 19.1 Å². The van der Waals surface area contributed by atoms with Gasteiger partial charge in [0.05, 0.1) is 14.2 Å². The molecule has 0 radical (unpaired) electrons. The van der Waals surface area contributed by atoms with Crippen molar-refractivity contribution in [1.82, 2.24) is 15.1 Å². The van der Waals surface area contributed by atoms with Gasteiger partial charge in [0.25, 0.3) is 0 Å². The molecule has 2 amide bonds. The minimum atomic E-state index is 0.105. The summed E-state index contributed by atoms with van der Waals surface area (Å²) in [5.41, 5.74) is 1.12. The predicted molar refractivity (Wildman–Crippen MR) is 123 cm³/mol. The van der Waals surface area contributed by atoms with Crippen LogP contribution in [0.4, 0.5) is 0 Å². The van der Waals surface area contributed by atoms with Crippen LogP contribution in [0.5, 0.6) is 11.5 Å². The minimum absolute atomic E-state index is 0.105. The summed E-state index contributed by atoms with van der Waals surface area (Å²) in [6.45, 7) is 4.39. The molecule has 0 unspecified atom stereocenters. The van der Waals surface area contributed by atoms with Crippen molar-refractivity contribution in [3.63, 3.8) is 0 Å². The first-order chi connectivity index (χ1) is 15.6. The molecule has 2 aliphatic heterocycles. The number of carbonyl (C=O) groups excluding carboxylic acids is 2. The van der Waals surface area contributed by atoms with E-state index in [9.17, 15) is 9.59 Å². The Morgan fingerprint density at radius 3 is 2.22 bits per heavy atom. The molecule has 1 aromatic rings. The molecule has 3 fully saturated rings. The third-order valence-electron chi connectivity index (χ3n) is 7.28. The Hall–Kier alpha value is -2.28. The lowest BCUT2D eigenvalue weighted by molar-refractivity contribution is -0.134. The number of piperidine rings is 2. The molecule has 0 spiro atoms. The fourth-order valence-corrected chi connectivity index (χ4v) is 5.08. The van der Waals surface area contributed by atoms with E-state index in [1.165, 1.54) is 0 Å². The zero-order chi connectivity index (χ0) is 22.5. The van der Waals surface area contributed by atoms with Gasteiger partial charge in [-0.25, -0.2) is 0 Å². The molecule has 0 aromatic heterocycles. The molecule has 176 valence electrons. The van der Waals surface area contributed by atoms with Gasteiger partial charge in [-0.05, 0) is 75.7 Å². The molecule has 1 saturated carbocycles. The molecule has 0 bridgehead atoms. The highest BCUT2D eigenvalue weighted by molar-refractivity contribution is 5.81. The van der Waals surface area contributed by atoms with E-state index in [1.54, 1.807) is 14.2 Å². The first-order valence-corrected chi connectivity index (χ1v) is 12.1. The Morgan fingerprint density at radius 2 is 1.59 bits per heavy atom. The van der Waals surface area contributed by atoms with E-state index in [-0.39, 0.29) is 11.8 Å². The molecule has 1 N–H and O–H groups in total. The summed E-state index contributed by atoms with van der Waals surface area (Å²) in [4.78, 5) is 29.5. The zero-order valence-electron chi connectivity index (χ0n) is 19.5. The van der Waals surface area contributed by atoms with Crippen molar-refractivity contribution in [2.75, 3.05) is 46.9 Å². The summed E-state index contributed by atoms with van der Waals surface area (Å²) in [6.07, 6.45) is 6.92. The Balaban J connectivity index is 1.15. The monoisotopic (exact) mass is 443 g/mol. The smallest absolute Gasteiger partial charge is 0.225 e. The molecule has 3 aliphatic rings. The second-order valence-corrected chi connectivity index (χ2v) is 9.37. The number of benzene rings is 1. The second kappa shape index (κ2) is 10.6. The Kier molecular flexibility index (Phi) is 7.55. The average Bonchev–Trinajstić information content (AvgIpc) is 3.69. The van der Waals surface area contributed by atoms with E-state index in [0.717, 1.165) is 76.7 Å². The number of hydrogen-bond acceptors (Lipinski definition) is 5.